The zero-order valence-electron chi connectivity index (χ0n) is 20.6. The summed E-state index contributed by atoms with van der Waals surface area (Å²) < 4.78 is 22.0. The number of anilines is 1. The number of pyridine rings is 1. The van der Waals surface area contributed by atoms with Gasteiger partial charge in [-0.1, -0.05) is 0 Å². The SMILES string of the molecule is COc1cc(C(=O)Nc2cc[n+](CCn3cnc4c3c(=O)n(C)c(=O)n4C)cc2)cc(OC)c1OC. The van der Waals surface area contributed by atoms with Crippen LogP contribution in [0.25, 0.3) is 11.2 Å². The van der Waals surface area contributed by atoms with Gasteiger partial charge in [-0.05, 0) is 12.1 Å². The molecule has 12 heteroatoms. The summed E-state index contributed by atoms with van der Waals surface area (Å²) in [6.45, 7) is 1.00. The van der Waals surface area contributed by atoms with Crippen LogP contribution in [-0.4, -0.2) is 45.9 Å². The molecular formula is C24H27N6O6+. The zero-order valence-corrected chi connectivity index (χ0v) is 20.6. The molecule has 1 aromatic carbocycles. The van der Waals surface area contributed by atoms with E-state index < -0.39 is 5.69 Å². The van der Waals surface area contributed by atoms with Crippen molar-refractivity contribution in [1.29, 1.82) is 0 Å². The summed E-state index contributed by atoms with van der Waals surface area (Å²) >= 11 is 0. The van der Waals surface area contributed by atoms with Crippen molar-refractivity contribution < 1.29 is 23.6 Å². The minimum Gasteiger partial charge on any atom is -0.493 e. The fourth-order valence-corrected chi connectivity index (χ4v) is 3.89. The molecule has 36 heavy (non-hydrogen) atoms. The fourth-order valence-electron chi connectivity index (χ4n) is 3.89. The van der Waals surface area contributed by atoms with Gasteiger partial charge in [0, 0.05) is 31.8 Å². The van der Waals surface area contributed by atoms with Crippen LogP contribution in [-0.2, 0) is 27.2 Å². The van der Waals surface area contributed by atoms with Crippen LogP contribution in [0.5, 0.6) is 17.2 Å². The highest BCUT2D eigenvalue weighted by molar-refractivity contribution is 6.05. The molecule has 0 unspecified atom stereocenters. The van der Waals surface area contributed by atoms with Gasteiger partial charge in [-0.3, -0.25) is 18.7 Å². The van der Waals surface area contributed by atoms with Gasteiger partial charge >= 0.3 is 5.69 Å². The number of aryl methyl sites for hydroxylation is 3. The number of hydrogen-bond donors (Lipinski definition) is 1. The largest absolute Gasteiger partial charge is 0.493 e. The summed E-state index contributed by atoms with van der Waals surface area (Å²) in [6, 6.07) is 6.69. The second-order valence-corrected chi connectivity index (χ2v) is 8.01. The van der Waals surface area contributed by atoms with Crippen molar-refractivity contribution >= 4 is 22.8 Å². The van der Waals surface area contributed by atoms with Gasteiger partial charge in [0.05, 0.1) is 39.9 Å². The molecule has 0 bridgehead atoms. The number of nitrogens with one attached hydrogen (secondary N) is 1. The topological polar surface area (TPSA) is 122 Å². The van der Waals surface area contributed by atoms with E-state index in [2.05, 4.69) is 10.3 Å². The molecule has 1 N–H and O–H groups in total. The molecule has 0 aliphatic rings. The van der Waals surface area contributed by atoms with Crippen molar-refractivity contribution in [2.75, 3.05) is 26.6 Å². The molecular weight excluding hydrogens is 468 g/mol. The van der Waals surface area contributed by atoms with Crippen LogP contribution in [0.2, 0.25) is 0 Å². The van der Waals surface area contributed by atoms with Gasteiger partial charge in [0.2, 0.25) is 5.75 Å². The first-order valence-electron chi connectivity index (χ1n) is 11.0. The molecule has 0 saturated heterocycles. The van der Waals surface area contributed by atoms with Crippen LogP contribution in [0.15, 0.2) is 52.6 Å². The number of hydrogen-bond acceptors (Lipinski definition) is 7. The average Bonchev–Trinajstić information content (AvgIpc) is 3.33. The Bertz CT molecular complexity index is 1530. The third kappa shape index (κ3) is 4.40. The second-order valence-electron chi connectivity index (χ2n) is 8.01. The number of carbonyl (C=O) groups excluding carboxylic acids is 1. The highest BCUT2D eigenvalue weighted by Crippen LogP contribution is 2.38. The highest BCUT2D eigenvalue weighted by Gasteiger charge is 2.18. The Hall–Kier alpha value is -4.61. The van der Waals surface area contributed by atoms with Crippen molar-refractivity contribution in [2.24, 2.45) is 14.1 Å². The average molecular weight is 496 g/mol. The molecule has 0 radical (unpaired) electrons. The summed E-state index contributed by atoms with van der Waals surface area (Å²) in [5.74, 6) is 0.839. The van der Waals surface area contributed by atoms with Gasteiger partial charge in [0.25, 0.3) is 11.5 Å². The third-order valence-electron chi connectivity index (χ3n) is 5.89. The van der Waals surface area contributed by atoms with Gasteiger partial charge in [-0.25, -0.2) is 14.3 Å². The molecule has 4 rings (SSSR count). The van der Waals surface area contributed by atoms with E-state index in [0.29, 0.717) is 52.8 Å². The number of methoxy groups -OCH3 is 3. The number of imidazole rings is 1. The maximum Gasteiger partial charge on any atom is 0.332 e. The smallest absolute Gasteiger partial charge is 0.332 e. The third-order valence-corrected chi connectivity index (χ3v) is 5.89. The number of nitrogens with zero attached hydrogens (tertiary/aromatic N) is 5. The van der Waals surface area contributed by atoms with E-state index in [9.17, 15) is 14.4 Å². The maximum atomic E-state index is 12.8. The van der Waals surface area contributed by atoms with Crippen LogP contribution < -0.4 is 35.3 Å². The monoisotopic (exact) mass is 495 g/mol. The zero-order chi connectivity index (χ0) is 26.0. The number of amides is 1. The van der Waals surface area contributed by atoms with Crippen molar-refractivity contribution in [3.63, 3.8) is 0 Å². The van der Waals surface area contributed by atoms with Crippen LogP contribution >= 0.6 is 0 Å². The van der Waals surface area contributed by atoms with Crippen molar-refractivity contribution in [3.05, 3.63) is 69.4 Å². The highest BCUT2D eigenvalue weighted by atomic mass is 16.5. The predicted molar refractivity (Wildman–Crippen MR) is 131 cm³/mol. The van der Waals surface area contributed by atoms with E-state index in [0.717, 1.165) is 4.57 Å². The van der Waals surface area contributed by atoms with E-state index in [1.165, 1.54) is 32.9 Å². The first-order chi connectivity index (χ1) is 17.3. The Kier molecular flexibility index (Phi) is 6.77. The van der Waals surface area contributed by atoms with Gasteiger partial charge in [0.1, 0.15) is 0 Å². The van der Waals surface area contributed by atoms with Crippen molar-refractivity contribution in [1.82, 2.24) is 18.7 Å². The number of carbonyl (C=O) groups is 1. The van der Waals surface area contributed by atoms with Crippen LogP contribution in [0.1, 0.15) is 10.4 Å². The lowest BCUT2D eigenvalue weighted by Gasteiger charge is -2.14. The molecule has 3 aromatic heterocycles. The Morgan fingerprint density at radius 2 is 1.64 bits per heavy atom. The molecule has 0 fully saturated rings. The normalized spacial score (nSPS) is 10.9. The van der Waals surface area contributed by atoms with Crippen LogP contribution in [0.4, 0.5) is 5.69 Å². The minimum atomic E-state index is -0.420. The van der Waals surface area contributed by atoms with Crippen LogP contribution in [0, 0.1) is 0 Å². The summed E-state index contributed by atoms with van der Waals surface area (Å²) in [7, 11) is 7.50. The quantitative estimate of drug-likeness (QED) is 0.357. The lowest BCUT2D eigenvalue weighted by atomic mass is 10.1. The summed E-state index contributed by atoms with van der Waals surface area (Å²) in [5, 5.41) is 2.85. The predicted octanol–water partition coefficient (Wildman–Crippen LogP) is 0.700. The molecule has 188 valence electrons. The summed E-state index contributed by atoms with van der Waals surface area (Å²) in [4.78, 5) is 41.8. The standard InChI is InChI=1S/C24H26N6O6/c1-27-21-19(23(32)28(2)24(27)33)30(14-25-21)11-10-29-8-6-16(7-9-29)26-22(31)15-12-17(34-3)20(36-5)18(13-15)35-4/h6-9,12-14H,10-11H2,1-5H3/p+1. The van der Waals surface area contributed by atoms with Gasteiger partial charge in [0.15, 0.2) is 41.6 Å². The first kappa shape index (κ1) is 24.5. The number of ether oxygens (including phenoxy) is 3. The van der Waals surface area contributed by atoms with Gasteiger partial charge < -0.3 is 24.1 Å². The fraction of sp³-hybridized carbons (Fsp3) is 0.292. The molecule has 0 aliphatic heterocycles. The lowest BCUT2D eigenvalue weighted by Crippen LogP contribution is -2.38. The minimum absolute atomic E-state index is 0.335. The molecule has 1 amide bonds. The van der Waals surface area contributed by atoms with E-state index in [1.54, 1.807) is 42.2 Å². The number of aromatic nitrogens is 5. The van der Waals surface area contributed by atoms with Crippen molar-refractivity contribution in [2.45, 2.75) is 13.1 Å². The van der Waals surface area contributed by atoms with E-state index in [-0.39, 0.29) is 11.5 Å². The molecule has 0 atom stereocenters. The Morgan fingerprint density at radius 1 is 1.00 bits per heavy atom. The Labute approximate surface area is 205 Å². The Morgan fingerprint density at radius 3 is 2.22 bits per heavy atom. The van der Waals surface area contributed by atoms with Crippen molar-refractivity contribution in [3.8, 4) is 17.2 Å². The first-order valence-corrected chi connectivity index (χ1v) is 11.0. The van der Waals surface area contributed by atoms with E-state index >= 15 is 0 Å². The maximum absolute atomic E-state index is 12.8. The van der Waals surface area contributed by atoms with Gasteiger partial charge in [-0.15, -0.1) is 0 Å². The van der Waals surface area contributed by atoms with E-state index in [4.69, 9.17) is 14.2 Å². The summed E-state index contributed by atoms with van der Waals surface area (Å²) in [5.41, 5.74) is 0.857. The number of rotatable bonds is 8. The van der Waals surface area contributed by atoms with E-state index in [1.807, 2.05) is 17.0 Å². The molecule has 0 aliphatic carbocycles. The summed E-state index contributed by atoms with van der Waals surface area (Å²) in [6.07, 6.45) is 5.19. The molecule has 3 heterocycles. The molecule has 4 aromatic rings. The van der Waals surface area contributed by atoms with Gasteiger partial charge in [-0.2, -0.15) is 0 Å². The molecule has 0 spiro atoms. The Balaban J connectivity index is 1.48. The second kappa shape index (κ2) is 9.94. The molecule has 0 saturated carbocycles. The lowest BCUT2D eigenvalue weighted by molar-refractivity contribution is -0.698. The number of fused-ring (bicyclic) bond motifs is 1. The molecule has 12 nitrogen and oxygen atoms in total. The van der Waals surface area contributed by atoms with Crippen LogP contribution in [0.3, 0.4) is 0 Å². The number of benzene rings is 1.